The summed E-state index contributed by atoms with van der Waals surface area (Å²) >= 11 is 0. The zero-order valence-corrected chi connectivity index (χ0v) is 10.5. The monoisotopic (exact) mass is 304 g/mol. The molecular formula is C10H7F3N4O2S. The molecule has 0 unspecified atom stereocenters. The molecule has 0 saturated carbocycles. The topological polar surface area (TPSA) is 98.0 Å². The van der Waals surface area contributed by atoms with E-state index in [1.54, 1.807) is 4.72 Å². The van der Waals surface area contributed by atoms with Crippen LogP contribution in [0.25, 0.3) is 0 Å². The van der Waals surface area contributed by atoms with E-state index in [0.717, 1.165) is 18.5 Å². The number of hydrogen-bond acceptors (Lipinski definition) is 5. The van der Waals surface area contributed by atoms with Crippen LogP contribution in [0.3, 0.4) is 0 Å². The maximum atomic E-state index is 13.4. The van der Waals surface area contributed by atoms with Gasteiger partial charge in [0, 0.05) is 0 Å². The van der Waals surface area contributed by atoms with Crippen molar-refractivity contribution in [3.8, 4) is 0 Å². The highest BCUT2D eigenvalue weighted by molar-refractivity contribution is 7.92. The standard InChI is InChI=1S/C10H7F3N4O2S/c11-6-1-2-7(9(13)8(6)12)17-20(18,19)5-3-15-10(14)16-4-5/h1-4,17H,(H2,14,15,16). The van der Waals surface area contributed by atoms with E-state index in [0.29, 0.717) is 6.07 Å². The fraction of sp³-hybridized carbons (Fsp3) is 0. The number of aromatic nitrogens is 2. The van der Waals surface area contributed by atoms with Crippen molar-refractivity contribution in [2.75, 3.05) is 10.5 Å². The molecule has 20 heavy (non-hydrogen) atoms. The fourth-order valence-corrected chi connectivity index (χ4v) is 2.22. The molecule has 0 amide bonds. The van der Waals surface area contributed by atoms with Crippen molar-refractivity contribution in [3.63, 3.8) is 0 Å². The number of rotatable bonds is 3. The minimum absolute atomic E-state index is 0.150. The smallest absolute Gasteiger partial charge is 0.265 e. The van der Waals surface area contributed by atoms with E-state index in [4.69, 9.17) is 5.73 Å². The van der Waals surface area contributed by atoms with Crippen LogP contribution in [0.4, 0.5) is 24.8 Å². The van der Waals surface area contributed by atoms with E-state index in [9.17, 15) is 21.6 Å². The maximum absolute atomic E-state index is 13.4. The van der Waals surface area contributed by atoms with Gasteiger partial charge >= 0.3 is 0 Å². The second-order valence-corrected chi connectivity index (χ2v) is 5.29. The molecule has 0 fully saturated rings. The van der Waals surface area contributed by atoms with Gasteiger partial charge in [-0.25, -0.2) is 31.6 Å². The first-order valence-electron chi connectivity index (χ1n) is 5.05. The summed E-state index contributed by atoms with van der Waals surface area (Å²) < 4.78 is 64.6. The number of sulfonamides is 1. The van der Waals surface area contributed by atoms with Gasteiger partial charge in [0.25, 0.3) is 10.0 Å². The lowest BCUT2D eigenvalue weighted by Gasteiger charge is -2.09. The van der Waals surface area contributed by atoms with Gasteiger partial charge in [0.05, 0.1) is 18.1 Å². The van der Waals surface area contributed by atoms with E-state index in [1.807, 2.05) is 0 Å². The molecule has 0 bridgehead atoms. The average Bonchev–Trinajstić information content (AvgIpc) is 2.40. The van der Waals surface area contributed by atoms with E-state index in [2.05, 4.69) is 9.97 Å². The van der Waals surface area contributed by atoms with Gasteiger partial charge < -0.3 is 5.73 Å². The van der Waals surface area contributed by atoms with Gasteiger partial charge in [0.2, 0.25) is 5.95 Å². The first kappa shape index (κ1) is 14.1. The quantitative estimate of drug-likeness (QED) is 0.832. The third kappa shape index (κ3) is 2.64. The van der Waals surface area contributed by atoms with Crippen LogP contribution in [-0.4, -0.2) is 18.4 Å². The third-order valence-corrected chi connectivity index (χ3v) is 3.56. The Hall–Kier alpha value is -2.36. The highest BCUT2D eigenvalue weighted by Gasteiger charge is 2.20. The molecule has 1 aromatic carbocycles. The molecule has 0 aliphatic carbocycles. The van der Waals surface area contributed by atoms with E-state index >= 15 is 0 Å². The van der Waals surface area contributed by atoms with E-state index in [1.165, 1.54) is 0 Å². The van der Waals surface area contributed by atoms with Crippen molar-refractivity contribution >= 4 is 21.7 Å². The molecule has 0 spiro atoms. The molecule has 0 saturated heterocycles. The number of nitrogen functional groups attached to an aromatic ring is 1. The van der Waals surface area contributed by atoms with Gasteiger partial charge in [-0.1, -0.05) is 0 Å². The van der Waals surface area contributed by atoms with Gasteiger partial charge in [-0.2, -0.15) is 0 Å². The molecule has 6 nitrogen and oxygen atoms in total. The van der Waals surface area contributed by atoms with Crippen molar-refractivity contribution in [2.24, 2.45) is 0 Å². The van der Waals surface area contributed by atoms with Gasteiger partial charge in [-0.15, -0.1) is 0 Å². The lowest BCUT2D eigenvalue weighted by atomic mass is 10.3. The number of nitrogens with one attached hydrogen (secondary N) is 1. The Balaban J connectivity index is 2.38. The highest BCUT2D eigenvalue weighted by Crippen LogP contribution is 2.22. The zero-order valence-electron chi connectivity index (χ0n) is 9.64. The molecule has 0 aliphatic heterocycles. The Kier molecular flexibility index (Phi) is 3.49. The summed E-state index contributed by atoms with van der Waals surface area (Å²) in [7, 11) is -4.24. The van der Waals surface area contributed by atoms with Crippen LogP contribution >= 0.6 is 0 Å². The van der Waals surface area contributed by atoms with Crippen LogP contribution in [0, 0.1) is 17.5 Å². The number of nitrogens with zero attached hydrogens (tertiary/aromatic N) is 2. The van der Waals surface area contributed by atoms with Crippen molar-refractivity contribution in [1.82, 2.24) is 9.97 Å². The molecule has 2 aromatic rings. The molecule has 106 valence electrons. The Morgan fingerprint density at radius 3 is 2.25 bits per heavy atom. The second kappa shape index (κ2) is 4.96. The van der Waals surface area contributed by atoms with Gasteiger partial charge in [0.15, 0.2) is 17.5 Å². The van der Waals surface area contributed by atoms with Gasteiger partial charge in [0.1, 0.15) is 4.90 Å². The molecular weight excluding hydrogens is 297 g/mol. The molecule has 2 rings (SSSR count). The maximum Gasteiger partial charge on any atom is 0.265 e. The Labute approximate surface area is 111 Å². The van der Waals surface area contributed by atoms with Crippen LogP contribution in [-0.2, 0) is 10.0 Å². The molecule has 0 radical (unpaired) electrons. The number of benzene rings is 1. The van der Waals surface area contributed by atoms with Crippen molar-refractivity contribution < 1.29 is 21.6 Å². The molecule has 1 heterocycles. The second-order valence-electron chi connectivity index (χ2n) is 3.61. The zero-order chi connectivity index (χ0) is 14.9. The van der Waals surface area contributed by atoms with E-state index in [-0.39, 0.29) is 5.95 Å². The number of nitrogens with two attached hydrogens (primary N) is 1. The summed E-state index contributed by atoms with van der Waals surface area (Å²) in [6.45, 7) is 0. The molecule has 0 aliphatic rings. The molecule has 10 heteroatoms. The van der Waals surface area contributed by atoms with Crippen LogP contribution in [0.1, 0.15) is 0 Å². The largest absolute Gasteiger partial charge is 0.368 e. The van der Waals surface area contributed by atoms with Crippen molar-refractivity contribution in [3.05, 3.63) is 42.0 Å². The molecule has 1 aromatic heterocycles. The van der Waals surface area contributed by atoms with Crippen LogP contribution in [0.15, 0.2) is 29.4 Å². The predicted molar refractivity (Wildman–Crippen MR) is 63.6 cm³/mol. The Bertz CT molecular complexity index is 750. The van der Waals surface area contributed by atoms with Gasteiger partial charge in [-0.3, -0.25) is 4.72 Å². The van der Waals surface area contributed by atoms with Gasteiger partial charge in [-0.05, 0) is 12.1 Å². The number of halogens is 3. The molecule has 3 N–H and O–H groups in total. The summed E-state index contributed by atoms with van der Waals surface area (Å²) in [5.41, 5.74) is 4.46. The minimum atomic E-state index is -4.24. The summed E-state index contributed by atoms with van der Waals surface area (Å²) in [6, 6.07) is 1.35. The van der Waals surface area contributed by atoms with Crippen LogP contribution in [0.2, 0.25) is 0 Å². The average molecular weight is 304 g/mol. The Morgan fingerprint density at radius 1 is 1.05 bits per heavy atom. The van der Waals surface area contributed by atoms with Crippen molar-refractivity contribution in [1.29, 1.82) is 0 Å². The number of hydrogen-bond donors (Lipinski definition) is 2. The summed E-state index contributed by atoms with van der Waals surface area (Å²) in [5, 5.41) is 0. The van der Waals surface area contributed by atoms with Crippen molar-refractivity contribution in [2.45, 2.75) is 4.90 Å². The fourth-order valence-electron chi connectivity index (χ4n) is 1.27. The minimum Gasteiger partial charge on any atom is -0.368 e. The lowest BCUT2D eigenvalue weighted by Crippen LogP contribution is -2.15. The van der Waals surface area contributed by atoms with Crippen LogP contribution in [0.5, 0.6) is 0 Å². The highest BCUT2D eigenvalue weighted by atomic mass is 32.2. The first-order valence-corrected chi connectivity index (χ1v) is 6.53. The number of anilines is 2. The third-order valence-electron chi connectivity index (χ3n) is 2.24. The Morgan fingerprint density at radius 2 is 1.65 bits per heavy atom. The summed E-state index contributed by atoms with van der Waals surface area (Å²) in [5.74, 6) is -5.01. The SMILES string of the molecule is Nc1ncc(S(=O)(=O)Nc2ccc(F)c(F)c2F)cn1. The van der Waals surface area contributed by atoms with E-state index < -0.39 is 38.1 Å². The molecule has 0 atom stereocenters. The predicted octanol–water partition coefficient (Wildman–Crippen LogP) is 1.28. The first-order chi connectivity index (χ1) is 9.31. The summed E-state index contributed by atoms with van der Waals surface area (Å²) in [6.07, 6.45) is 1.78. The normalized spacial score (nSPS) is 11.3. The summed E-state index contributed by atoms with van der Waals surface area (Å²) in [4.78, 5) is 6.51. The van der Waals surface area contributed by atoms with Crippen LogP contribution < -0.4 is 10.5 Å². The lowest BCUT2D eigenvalue weighted by molar-refractivity contribution is 0.449.